The normalized spacial score (nSPS) is 12.4. The van der Waals surface area contributed by atoms with Gasteiger partial charge in [-0.2, -0.15) is 0 Å². The fraction of sp³-hybridized carbons (Fsp3) is 0.364. The molecule has 0 aliphatic heterocycles. The zero-order valence-corrected chi connectivity index (χ0v) is 9.77. The molecule has 0 aliphatic carbocycles. The molecule has 1 aromatic rings. The molecule has 0 aliphatic rings. The lowest BCUT2D eigenvalue weighted by atomic mass is 10.1. The van der Waals surface area contributed by atoms with Crippen molar-refractivity contribution in [3.63, 3.8) is 0 Å². The Hall–Kier alpha value is -0.870. The summed E-state index contributed by atoms with van der Waals surface area (Å²) in [6.07, 6.45) is 0.507. The molecule has 1 atom stereocenters. The molecule has 1 rings (SSSR count). The van der Waals surface area contributed by atoms with Crippen LogP contribution in [0.5, 0.6) is 0 Å². The first-order chi connectivity index (χ1) is 7.09. The molecule has 3 nitrogen and oxygen atoms in total. The van der Waals surface area contributed by atoms with E-state index < -0.39 is 12.1 Å². The number of aliphatic carboxylic acids is 1. The van der Waals surface area contributed by atoms with Gasteiger partial charge in [0, 0.05) is 4.47 Å². The van der Waals surface area contributed by atoms with Crippen molar-refractivity contribution < 1.29 is 15.0 Å². The Morgan fingerprint density at radius 1 is 1.47 bits per heavy atom. The highest BCUT2D eigenvalue weighted by Gasteiger charge is 2.11. The predicted octanol–water partition coefficient (Wildman–Crippen LogP) is 2.22. The number of carboxylic acids is 1. The number of aliphatic hydroxyl groups is 1. The standard InChI is InChI=1S/C11H13BrO3/c12-9-5-1-3-8(7-9)4-2-6-10(13)11(14)15/h1,3,5,7,10,13H,2,4,6H2,(H,14,15). The molecule has 0 spiro atoms. The van der Waals surface area contributed by atoms with Crippen molar-refractivity contribution in [1.82, 2.24) is 0 Å². The first-order valence-corrected chi connectivity index (χ1v) is 5.54. The summed E-state index contributed by atoms with van der Waals surface area (Å²) >= 11 is 3.36. The molecule has 0 saturated heterocycles. The number of benzene rings is 1. The van der Waals surface area contributed by atoms with Gasteiger partial charge < -0.3 is 10.2 Å². The van der Waals surface area contributed by atoms with Crippen LogP contribution in [-0.4, -0.2) is 22.3 Å². The summed E-state index contributed by atoms with van der Waals surface area (Å²) in [6.45, 7) is 0. The fourth-order valence-electron chi connectivity index (χ4n) is 1.32. The molecule has 0 radical (unpaired) electrons. The van der Waals surface area contributed by atoms with E-state index in [-0.39, 0.29) is 0 Å². The molecule has 82 valence electrons. The highest BCUT2D eigenvalue weighted by atomic mass is 79.9. The Labute approximate surface area is 96.9 Å². The van der Waals surface area contributed by atoms with E-state index >= 15 is 0 Å². The van der Waals surface area contributed by atoms with Crippen LogP contribution in [0.3, 0.4) is 0 Å². The Balaban J connectivity index is 2.35. The molecule has 0 saturated carbocycles. The average molecular weight is 273 g/mol. The third-order valence-electron chi connectivity index (χ3n) is 2.12. The van der Waals surface area contributed by atoms with Crippen molar-refractivity contribution >= 4 is 21.9 Å². The summed E-state index contributed by atoms with van der Waals surface area (Å²) in [6, 6.07) is 7.85. The molecule has 1 aromatic carbocycles. The van der Waals surface area contributed by atoms with Crippen molar-refractivity contribution in [2.75, 3.05) is 0 Å². The SMILES string of the molecule is O=C(O)C(O)CCCc1cccc(Br)c1. The quantitative estimate of drug-likeness (QED) is 0.864. The van der Waals surface area contributed by atoms with Gasteiger partial charge >= 0.3 is 5.97 Å². The Bertz CT molecular complexity index is 338. The molecule has 0 fully saturated rings. The lowest BCUT2D eigenvalue weighted by molar-refractivity contribution is -0.146. The number of carbonyl (C=O) groups is 1. The van der Waals surface area contributed by atoms with E-state index in [0.717, 1.165) is 16.5 Å². The van der Waals surface area contributed by atoms with Gasteiger partial charge in [0.05, 0.1) is 0 Å². The lowest BCUT2D eigenvalue weighted by Crippen LogP contribution is -2.19. The van der Waals surface area contributed by atoms with Crippen LogP contribution < -0.4 is 0 Å². The minimum absolute atomic E-state index is 0.293. The topological polar surface area (TPSA) is 57.5 Å². The molecule has 0 bridgehead atoms. The third kappa shape index (κ3) is 4.44. The Morgan fingerprint density at radius 2 is 2.20 bits per heavy atom. The molecule has 0 heterocycles. The first kappa shape index (κ1) is 12.2. The van der Waals surface area contributed by atoms with Gasteiger partial charge in [0.2, 0.25) is 0 Å². The monoisotopic (exact) mass is 272 g/mol. The number of hydrogen-bond donors (Lipinski definition) is 2. The van der Waals surface area contributed by atoms with Crippen LogP contribution in [0.1, 0.15) is 18.4 Å². The molecular weight excluding hydrogens is 260 g/mol. The highest BCUT2D eigenvalue weighted by Crippen LogP contribution is 2.14. The van der Waals surface area contributed by atoms with E-state index in [0.29, 0.717) is 12.8 Å². The maximum atomic E-state index is 10.3. The summed E-state index contributed by atoms with van der Waals surface area (Å²) in [4.78, 5) is 10.3. The summed E-state index contributed by atoms with van der Waals surface area (Å²) < 4.78 is 1.01. The highest BCUT2D eigenvalue weighted by molar-refractivity contribution is 9.10. The lowest BCUT2D eigenvalue weighted by Gasteiger charge is -2.05. The molecule has 0 aromatic heterocycles. The molecule has 4 heteroatoms. The Morgan fingerprint density at radius 3 is 2.80 bits per heavy atom. The van der Waals surface area contributed by atoms with Crippen LogP contribution in [0.2, 0.25) is 0 Å². The predicted molar refractivity (Wildman–Crippen MR) is 60.7 cm³/mol. The fourth-order valence-corrected chi connectivity index (χ4v) is 1.76. The van der Waals surface area contributed by atoms with Gasteiger partial charge in [-0.05, 0) is 37.0 Å². The van der Waals surface area contributed by atoms with Crippen molar-refractivity contribution in [2.45, 2.75) is 25.4 Å². The van der Waals surface area contributed by atoms with Crippen LogP contribution in [0, 0.1) is 0 Å². The minimum Gasteiger partial charge on any atom is -0.479 e. The molecule has 2 N–H and O–H groups in total. The van der Waals surface area contributed by atoms with Gasteiger partial charge in [0.1, 0.15) is 0 Å². The van der Waals surface area contributed by atoms with E-state index in [1.54, 1.807) is 0 Å². The van der Waals surface area contributed by atoms with Gasteiger partial charge in [-0.1, -0.05) is 28.1 Å². The van der Waals surface area contributed by atoms with Crippen molar-refractivity contribution in [3.8, 4) is 0 Å². The van der Waals surface area contributed by atoms with E-state index in [1.165, 1.54) is 0 Å². The summed E-state index contributed by atoms with van der Waals surface area (Å²) in [5.74, 6) is -1.15. The third-order valence-corrected chi connectivity index (χ3v) is 2.61. The smallest absolute Gasteiger partial charge is 0.332 e. The summed E-state index contributed by atoms with van der Waals surface area (Å²) in [5, 5.41) is 17.5. The molecule has 0 amide bonds. The number of aliphatic hydroxyl groups excluding tert-OH is 1. The van der Waals surface area contributed by atoms with Crippen molar-refractivity contribution in [3.05, 3.63) is 34.3 Å². The number of aryl methyl sites for hydroxylation is 1. The second-order valence-corrected chi connectivity index (χ2v) is 4.29. The van der Waals surface area contributed by atoms with E-state index in [1.807, 2.05) is 24.3 Å². The van der Waals surface area contributed by atoms with Crippen LogP contribution in [0.4, 0.5) is 0 Å². The van der Waals surface area contributed by atoms with Crippen LogP contribution in [0.25, 0.3) is 0 Å². The first-order valence-electron chi connectivity index (χ1n) is 4.75. The Kier molecular flexibility index (Phi) is 4.78. The number of halogens is 1. The van der Waals surface area contributed by atoms with Gasteiger partial charge in [-0.3, -0.25) is 0 Å². The molecule has 1 unspecified atom stereocenters. The zero-order chi connectivity index (χ0) is 11.3. The average Bonchev–Trinajstić information content (AvgIpc) is 2.17. The maximum absolute atomic E-state index is 10.3. The van der Waals surface area contributed by atoms with E-state index in [9.17, 15) is 4.79 Å². The van der Waals surface area contributed by atoms with Gasteiger partial charge in [-0.25, -0.2) is 4.79 Å². The second-order valence-electron chi connectivity index (χ2n) is 3.38. The van der Waals surface area contributed by atoms with E-state index in [2.05, 4.69) is 15.9 Å². The van der Waals surface area contributed by atoms with Crippen molar-refractivity contribution in [2.24, 2.45) is 0 Å². The van der Waals surface area contributed by atoms with Crippen LogP contribution >= 0.6 is 15.9 Å². The van der Waals surface area contributed by atoms with Gasteiger partial charge in [0.15, 0.2) is 6.10 Å². The largest absolute Gasteiger partial charge is 0.479 e. The van der Waals surface area contributed by atoms with Gasteiger partial charge in [-0.15, -0.1) is 0 Å². The molecule has 15 heavy (non-hydrogen) atoms. The van der Waals surface area contributed by atoms with Crippen molar-refractivity contribution in [1.29, 1.82) is 0 Å². The van der Waals surface area contributed by atoms with Gasteiger partial charge in [0.25, 0.3) is 0 Å². The summed E-state index contributed by atoms with van der Waals surface area (Å²) in [7, 11) is 0. The van der Waals surface area contributed by atoms with Crippen LogP contribution in [-0.2, 0) is 11.2 Å². The summed E-state index contributed by atoms with van der Waals surface area (Å²) in [5.41, 5.74) is 1.14. The second kappa shape index (κ2) is 5.88. The number of hydrogen-bond acceptors (Lipinski definition) is 2. The number of carboxylic acid groups (broad SMARTS) is 1. The maximum Gasteiger partial charge on any atom is 0.332 e. The van der Waals surface area contributed by atoms with E-state index in [4.69, 9.17) is 10.2 Å². The number of rotatable bonds is 5. The zero-order valence-electron chi connectivity index (χ0n) is 8.19. The minimum atomic E-state index is -1.24. The molecular formula is C11H13BrO3. The van der Waals surface area contributed by atoms with Crippen LogP contribution in [0.15, 0.2) is 28.7 Å².